The van der Waals surface area contributed by atoms with Gasteiger partial charge in [-0.2, -0.15) is 0 Å². The molecule has 0 heterocycles. The minimum absolute atomic E-state index is 0.00223. The van der Waals surface area contributed by atoms with Crippen LogP contribution in [0, 0.1) is 0 Å². The molecule has 2 aromatic carbocycles. The Balaban J connectivity index is 2.16. The Kier molecular flexibility index (Phi) is 5.76. The lowest BCUT2D eigenvalue weighted by atomic mass is 10.2. The van der Waals surface area contributed by atoms with Crippen molar-refractivity contribution < 1.29 is 27.5 Å². The Labute approximate surface area is 145 Å². The third kappa shape index (κ3) is 4.57. The van der Waals surface area contributed by atoms with Gasteiger partial charge >= 0.3 is 11.9 Å². The lowest BCUT2D eigenvalue weighted by Gasteiger charge is -2.09. The molecule has 25 heavy (non-hydrogen) atoms. The summed E-state index contributed by atoms with van der Waals surface area (Å²) >= 11 is 0. The molecule has 2 rings (SSSR count). The van der Waals surface area contributed by atoms with E-state index in [1.54, 1.807) is 6.92 Å². The third-order valence-electron chi connectivity index (χ3n) is 3.23. The minimum atomic E-state index is -3.83. The summed E-state index contributed by atoms with van der Waals surface area (Å²) in [5.74, 6) is -1.03. The van der Waals surface area contributed by atoms with Crippen LogP contribution in [-0.2, 0) is 19.5 Å². The van der Waals surface area contributed by atoms with Gasteiger partial charge in [-0.25, -0.2) is 18.0 Å². The maximum absolute atomic E-state index is 12.4. The van der Waals surface area contributed by atoms with Gasteiger partial charge in [-0.15, -0.1) is 0 Å². The van der Waals surface area contributed by atoms with Crippen LogP contribution in [0.4, 0.5) is 5.69 Å². The molecule has 8 heteroatoms. The monoisotopic (exact) mass is 363 g/mol. The van der Waals surface area contributed by atoms with Crippen LogP contribution in [0.2, 0.25) is 0 Å². The maximum Gasteiger partial charge on any atom is 0.338 e. The van der Waals surface area contributed by atoms with E-state index < -0.39 is 22.0 Å². The van der Waals surface area contributed by atoms with Crippen molar-refractivity contribution in [3.05, 3.63) is 59.7 Å². The van der Waals surface area contributed by atoms with Crippen LogP contribution in [0.15, 0.2) is 53.4 Å². The zero-order valence-corrected chi connectivity index (χ0v) is 14.5. The van der Waals surface area contributed by atoms with Gasteiger partial charge in [-0.3, -0.25) is 4.72 Å². The average molecular weight is 363 g/mol. The molecule has 0 atom stereocenters. The minimum Gasteiger partial charge on any atom is -0.465 e. The average Bonchev–Trinajstić information content (AvgIpc) is 2.61. The van der Waals surface area contributed by atoms with Gasteiger partial charge in [0.05, 0.1) is 29.7 Å². The first-order valence-electron chi connectivity index (χ1n) is 7.35. The van der Waals surface area contributed by atoms with Gasteiger partial charge in [0.2, 0.25) is 0 Å². The van der Waals surface area contributed by atoms with E-state index in [9.17, 15) is 18.0 Å². The SMILES string of the molecule is CCOC(=O)c1ccc(S(=O)(=O)Nc2ccc(C(=O)OC)cc2)cc1. The Morgan fingerprint density at radius 3 is 1.96 bits per heavy atom. The summed E-state index contributed by atoms with van der Waals surface area (Å²) < 4.78 is 36.6. The number of benzene rings is 2. The largest absolute Gasteiger partial charge is 0.465 e. The van der Waals surface area contributed by atoms with Crippen LogP contribution >= 0.6 is 0 Å². The molecule has 0 fully saturated rings. The highest BCUT2D eigenvalue weighted by atomic mass is 32.2. The molecule has 0 bridgehead atoms. The number of carbonyl (C=O) groups excluding carboxylic acids is 2. The number of esters is 2. The molecule has 0 radical (unpaired) electrons. The lowest BCUT2D eigenvalue weighted by Crippen LogP contribution is -2.13. The molecule has 0 aromatic heterocycles. The van der Waals surface area contributed by atoms with E-state index in [0.29, 0.717) is 11.3 Å². The third-order valence-corrected chi connectivity index (χ3v) is 4.63. The van der Waals surface area contributed by atoms with Crippen molar-refractivity contribution in [3.8, 4) is 0 Å². The molecule has 0 saturated carbocycles. The van der Waals surface area contributed by atoms with Crippen molar-refractivity contribution in [2.75, 3.05) is 18.4 Å². The number of hydrogen-bond acceptors (Lipinski definition) is 6. The van der Waals surface area contributed by atoms with Gasteiger partial charge in [-0.05, 0) is 55.5 Å². The Morgan fingerprint density at radius 1 is 0.920 bits per heavy atom. The van der Waals surface area contributed by atoms with Gasteiger partial charge in [0.15, 0.2) is 0 Å². The van der Waals surface area contributed by atoms with Gasteiger partial charge < -0.3 is 9.47 Å². The van der Waals surface area contributed by atoms with E-state index >= 15 is 0 Å². The van der Waals surface area contributed by atoms with Crippen LogP contribution < -0.4 is 4.72 Å². The summed E-state index contributed by atoms with van der Waals surface area (Å²) in [6.07, 6.45) is 0. The molecule has 0 unspecified atom stereocenters. The number of methoxy groups -OCH3 is 1. The normalized spacial score (nSPS) is 10.8. The number of rotatable bonds is 6. The van der Waals surface area contributed by atoms with Crippen molar-refractivity contribution in [3.63, 3.8) is 0 Å². The molecule has 0 saturated heterocycles. The van der Waals surface area contributed by atoms with Crippen molar-refractivity contribution in [1.82, 2.24) is 0 Å². The van der Waals surface area contributed by atoms with Crippen molar-refractivity contribution in [1.29, 1.82) is 0 Å². The second kappa shape index (κ2) is 7.80. The number of carbonyl (C=O) groups is 2. The Bertz CT molecular complexity index is 857. The molecule has 7 nitrogen and oxygen atoms in total. The van der Waals surface area contributed by atoms with E-state index in [1.807, 2.05) is 0 Å². The molecular formula is C17H17NO6S. The number of ether oxygens (including phenoxy) is 2. The first-order chi connectivity index (χ1) is 11.9. The Morgan fingerprint density at radius 2 is 1.44 bits per heavy atom. The molecule has 0 aliphatic carbocycles. The predicted molar refractivity (Wildman–Crippen MR) is 91.0 cm³/mol. The van der Waals surface area contributed by atoms with E-state index in [2.05, 4.69) is 9.46 Å². The second-order valence-electron chi connectivity index (χ2n) is 4.92. The molecule has 2 aromatic rings. The lowest BCUT2D eigenvalue weighted by molar-refractivity contribution is 0.0525. The summed E-state index contributed by atoms with van der Waals surface area (Å²) in [6, 6.07) is 11.2. The summed E-state index contributed by atoms with van der Waals surface area (Å²) in [6.45, 7) is 1.92. The van der Waals surface area contributed by atoms with E-state index in [-0.39, 0.29) is 17.1 Å². The fourth-order valence-electron chi connectivity index (χ4n) is 1.99. The van der Waals surface area contributed by atoms with Crippen LogP contribution in [0.3, 0.4) is 0 Å². The van der Waals surface area contributed by atoms with Gasteiger partial charge in [0.25, 0.3) is 10.0 Å². The molecular weight excluding hydrogens is 346 g/mol. The summed E-state index contributed by atoms with van der Waals surface area (Å²) in [4.78, 5) is 22.9. The topological polar surface area (TPSA) is 98.8 Å². The summed E-state index contributed by atoms with van der Waals surface area (Å²) in [5.41, 5.74) is 0.870. The molecule has 1 N–H and O–H groups in total. The summed E-state index contributed by atoms with van der Waals surface area (Å²) in [5, 5.41) is 0. The number of nitrogens with one attached hydrogen (secondary N) is 1. The van der Waals surface area contributed by atoms with E-state index in [0.717, 1.165) is 0 Å². The van der Waals surface area contributed by atoms with E-state index in [1.165, 1.54) is 55.6 Å². The van der Waals surface area contributed by atoms with Crippen LogP contribution in [0.1, 0.15) is 27.6 Å². The van der Waals surface area contributed by atoms with E-state index in [4.69, 9.17) is 4.74 Å². The van der Waals surface area contributed by atoms with Crippen molar-refractivity contribution >= 4 is 27.6 Å². The number of anilines is 1. The number of sulfonamides is 1. The van der Waals surface area contributed by atoms with Crippen molar-refractivity contribution in [2.24, 2.45) is 0 Å². The quantitative estimate of drug-likeness (QED) is 0.792. The molecule has 0 amide bonds. The van der Waals surface area contributed by atoms with Crippen molar-refractivity contribution in [2.45, 2.75) is 11.8 Å². The van der Waals surface area contributed by atoms with Gasteiger partial charge in [0.1, 0.15) is 0 Å². The molecule has 0 aliphatic rings. The van der Waals surface area contributed by atoms with Crippen LogP contribution in [-0.4, -0.2) is 34.1 Å². The summed E-state index contributed by atoms with van der Waals surface area (Å²) in [7, 11) is -2.56. The standard InChI is InChI=1S/C17H17NO6S/c1-3-24-17(20)13-6-10-15(11-7-13)25(21,22)18-14-8-4-12(5-9-14)16(19)23-2/h4-11,18H,3H2,1-2H3. The zero-order chi connectivity index (χ0) is 18.4. The first-order valence-corrected chi connectivity index (χ1v) is 8.84. The highest BCUT2D eigenvalue weighted by molar-refractivity contribution is 7.92. The first kappa shape index (κ1) is 18.5. The molecule has 0 spiro atoms. The maximum atomic E-state index is 12.4. The highest BCUT2D eigenvalue weighted by Crippen LogP contribution is 2.18. The zero-order valence-electron chi connectivity index (χ0n) is 13.7. The molecule has 132 valence electrons. The fourth-order valence-corrected chi connectivity index (χ4v) is 3.05. The van der Waals surface area contributed by atoms with Gasteiger partial charge in [0, 0.05) is 5.69 Å². The fraction of sp³-hybridized carbons (Fsp3) is 0.176. The molecule has 0 aliphatic heterocycles. The second-order valence-corrected chi connectivity index (χ2v) is 6.60. The highest BCUT2D eigenvalue weighted by Gasteiger charge is 2.16. The smallest absolute Gasteiger partial charge is 0.338 e. The number of hydrogen-bond donors (Lipinski definition) is 1. The van der Waals surface area contributed by atoms with Gasteiger partial charge in [-0.1, -0.05) is 0 Å². The van der Waals surface area contributed by atoms with Crippen LogP contribution in [0.5, 0.6) is 0 Å². The predicted octanol–water partition coefficient (Wildman–Crippen LogP) is 2.45. The van der Waals surface area contributed by atoms with Crippen LogP contribution in [0.25, 0.3) is 0 Å². The Hall–Kier alpha value is -2.87.